The summed E-state index contributed by atoms with van der Waals surface area (Å²) in [4.78, 5) is 6.56. The predicted octanol–water partition coefficient (Wildman–Crippen LogP) is -0.656. The number of nitrogens with zero attached hydrogens (tertiary/aromatic N) is 3. The van der Waals surface area contributed by atoms with E-state index in [-0.39, 0.29) is 23.6 Å². The fraction of sp³-hybridized carbons (Fsp3) is 0.857. The summed E-state index contributed by atoms with van der Waals surface area (Å²) in [6, 6.07) is -0.184. The summed E-state index contributed by atoms with van der Waals surface area (Å²) in [7, 11) is -3.12. The Morgan fingerprint density at radius 3 is 2.91 bits per heavy atom. The van der Waals surface area contributed by atoms with Gasteiger partial charge in [0.1, 0.15) is 0 Å². The molecule has 2 saturated heterocycles. The van der Waals surface area contributed by atoms with E-state index in [9.17, 15) is 13.5 Å². The first-order valence-electron chi connectivity index (χ1n) is 8.13. The first-order valence-corrected chi connectivity index (χ1v) is 9.95. The summed E-state index contributed by atoms with van der Waals surface area (Å²) < 4.78 is 28.3. The number of rotatable bonds is 5. The molecule has 2 fully saturated rings. The molecule has 3 atom stereocenters. The Bertz CT molecular complexity index is 632. The van der Waals surface area contributed by atoms with E-state index in [1.165, 1.54) is 0 Å². The van der Waals surface area contributed by atoms with Gasteiger partial charge in [-0.15, -0.1) is 0 Å². The molecule has 130 valence electrons. The fourth-order valence-corrected chi connectivity index (χ4v) is 5.08. The van der Waals surface area contributed by atoms with Gasteiger partial charge in [0.2, 0.25) is 5.89 Å². The van der Waals surface area contributed by atoms with Gasteiger partial charge in [-0.25, -0.2) is 8.42 Å². The molecule has 2 N–H and O–H groups in total. The number of aliphatic hydroxyl groups excluding tert-OH is 1. The third-order valence-electron chi connectivity index (χ3n) is 4.46. The number of likely N-dealkylation sites (tertiary alicyclic amines) is 1. The van der Waals surface area contributed by atoms with Crippen molar-refractivity contribution in [2.75, 3.05) is 24.6 Å². The Hall–Kier alpha value is -1.03. The van der Waals surface area contributed by atoms with Crippen LogP contribution in [0.3, 0.4) is 0 Å². The Balaban J connectivity index is 1.54. The molecule has 2 aliphatic rings. The highest BCUT2D eigenvalue weighted by atomic mass is 32.2. The van der Waals surface area contributed by atoms with Gasteiger partial charge in [0.15, 0.2) is 15.7 Å². The Morgan fingerprint density at radius 1 is 1.43 bits per heavy atom. The van der Waals surface area contributed by atoms with Gasteiger partial charge in [-0.05, 0) is 19.4 Å². The molecule has 3 rings (SSSR count). The van der Waals surface area contributed by atoms with Crippen LogP contribution in [0.25, 0.3) is 0 Å². The van der Waals surface area contributed by atoms with Gasteiger partial charge in [0.25, 0.3) is 0 Å². The molecule has 1 aromatic heterocycles. The van der Waals surface area contributed by atoms with Crippen molar-refractivity contribution in [1.29, 1.82) is 0 Å². The normalized spacial score (nSPS) is 31.5. The van der Waals surface area contributed by atoms with Crippen LogP contribution in [0.2, 0.25) is 0 Å². The van der Waals surface area contributed by atoms with Crippen molar-refractivity contribution in [2.45, 2.75) is 50.9 Å². The molecule has 0 saturated carbocycles. The van der Waals surface area contributed by atoms with E-state index in [2.05, 4.69) is 20.4 Å². The number of aliphatic hydroxyl groups is 1. The predicted molar refractivity (Wildman–Crippen MR) is 83.6 cm³/mol. The zero-order valence-corrected chi connectivity index (χ0v) is 14.1. The van der Waals surface area contributed by atoms with Gasteiger partial charge in [-0.1, -0.05) is 12.1 Å². The average molecular weight is 344 g/mol. The van der Waals surface area contributed by atoms with Crippen LogP contribution < -0.4 is 5.32 Å². The molecule has 0 radical (unpaired) electrons. The molecule has 23 heavy (non-hydrogen) atoms. The number of aromatic nitrogens is 2. The van der Waals surface area contributed by atoms with Gasteiger partial charge in [0, 0.05) is 25.0 Å². The molecule has 0 aromatic carbocycles. The highest BCUT2D eigenvalue weighted by Gasteiger charge is 2.37. The minimum absolute atomic E-state index is 0.0232. The summed E-state index contributed by atoms with van der Waals surface area (Å²) in [5.41, 5.74) is 0. The quantitative estimate of drug-likeness (QED) is 0.725. The number of piperidine rings is 1. The monoisotopic (exact) mass is 344 g/mol. The molecule has 0 spiro atoms. The van der Waals surface area contributed by atoms with Crippen molar-refractivity contribution in [3.05, 3.63) is 11.7 Å². The third kappa shape index (κ3) is 4.28. The van der Waals surface area contributed by atoms with E-state index in [0.717, 1.165) is 32.4 Å². The van der Waals surface area contributed by atoms with Crippen LogP contribution in [0, 0.1) is 0 Å². The topological polar surface area (TPSA) is 109 Å². The summed E-state index contributed by atoms with van der Waals surface area (Å²) in [6.07, 6.45) is 1.92. The number of aryl methyl sites for hydroxylation is 1. The molecule has 2 aliphatic heterocycles. The third-order valence-corrected chi connectivity index (χ3v) is 6.17. The molecule has 3 heterocycles. The minimum atomic E-state index is -3.12. The van der Waals surface area contributed by atoms with Crippen LogP contribution >= 0.6 is 0 Å². The molecular weight excluding hydrogens is 320 g/mol. The van der Waals surface area contributed by atoms with E-state index < -0.39 is 15.9 Å². The van der Waals surface area contributed by atoms with Gasteiger partial charge >= 0.3 is 0 Å². The number of hydrogen-bond acceptors (Lipinski definition) is 8. The van der Waals surface area contributed by atoms with Crippen molar-refractivity contribution in [3.8, 4) is 0 Å². The van der Waals surface area contributed by atoms with E-state index >= 15 is 0 Å². The summed E-state index contributed by atoms with van der Waals surface area (Å²) >= 11 is 0. The van der Waals surface area contributed by atoms with Crippen LogP contribution in [0.15, 0.2) is 4.52 Å². The van der Waals surface area contributed by atoms with Gasteiger partial charge in [-0.3, -0.25) is 4.90 Å². The van der Waals surface area contributed by atoms with Gasteiger partial charge < -0.3 is 14.9 Å². The maximum absolute atomic E-state index is 11.6. The molecule has 0 aliphatic carbocycles. The molecule has 1 aromatic rings. The zero-order valence-electron chi connectivity index (χ0n) is 13.3. The lowest BCUT2D eigenvalue weighted by Gasteiger charge is -2.34. The van der Waals surface area contributed by atoms with Crippen LogP contribution in [0.4, 0.5) is 0 Å². The molecule has 9 heteroatoms. The summed E-state index contributed by atoms with van der Waals surface area (Å²) in [6.45, 7) is 4.35. The second-order valence-electron chi connectivity index (χ2n) is 6.45. The molecular formula is C14H24N4O4S. The maximum atomic E-state index is 11.6. The largest absolute Gasteiger partial charge is 0.390 e. The van der Waals surface area contributed by atoms with Crippen molar-refractivity contribution < 1.29 is 18.0 Å². The summed E-state index contributed by atoms with van der Waals surface area (Å²) in [5, 5.41) is 17.2. The van der Waals surface area contributed by atoms with Crippen molar-refractivity contribution >= 4 is 9.84 Å². The molecule has 0 unspecified atom stereocenters. The Kier molecular flexibility index (Phi) is 5.00. The second kappa shape index (κ2) is 6.84. The lowest BCUT2D eigenvalue weighted by molar-refractivity contribution is 0.130. The first-order chi connectivity index (χ1) is 10.9. The highest BCUT2D eigenvalue weighted by Crippen LogP contribution is 2.17. The first kappa shape index (κ1) is 16.8. The van der Waals surface area contributed by atoms with Crippen LogP contribution in [-0.4, -0.2) is 71.3 Å². The smallest absolute Gasteiger partial charge is 0.226 e. The van der Waals surface area contributed by atoms with Crippen molar-refractivity contribution in [3.63, 3.8) is 0 Å². The number of nitrogens with one attached hydrogen (secondary N) is 1. The van der Waals surface area contributed by atoms with Crippen LogP contribution in [-0.2, 0) is 22.8 Å². The fourth-order valence-electron chi connectivity index (χ4n) is 3.32. The lowest BCUT2D eigenvalue weighted by atomic mass is 10.0. The second-order valence-corrected chi connectivity index (χ2v) is 8.60. The number of hydrogen-bond donors (Lipinski definition) is 2. The highest BCUT2D eigenvalue weighted by molar-refractivity contribution is 7.91. The minimum Gasteiger partial charge on any atom is -0.390 e. The van der Waals surface area contributed by atoms with Gasteiger partial charge in [-0.2, -0.15) is 4.98 Å². The Morgan fingerprint density at radius 2 is 2.26 bits per heavy atom. The average Bonchev–Trinajstić information content (AvgIpc) is 3.03. The molecule has 0 amide bonds. The lowest BCUT2D eigenvalue weighted by Crippen LogP contribution is -2.52. The van der Waals surface area contributed by atoms with Crippen molar-refractivity contribution in [2.24, 2.45) is 0 Å². The summed E-state index contributed by atoms with van der Waals surface area (Å²) in [5.74, 6) is 1.22. The van der Waals surface area contributed by atoms with Crippen LogP contribution in [0.5, 0.6) is 0 Å². The van der Waals surface area contributed by atoms with Gasteiger partial charge in [0.05, 0.1) is 24.2 Å². The van der Waals surface area contributed by atoms with E-state index in [1.807, 2.05) is 6.92 Å². The Labute approximate surface area is 136 Å². The molecule has 8 nitrogen and oxygen atoms in total. The molecule has 0 bridgehead atoms. The zero-order chi connectivity index (χ0) is 16.4. The van der Waals surface area contributed by atoms with E-state index in [1.54, 1.807) is 0 Å². The van der Waals surface area contributed by atoms with E-state index in [4.69, 9.17) is 4.52 Å². The van der Waals surface area contributed by atoms with Crippen molar-refractivity contribution in [1.82, 2.24) is 20.4 Å². The maximum Gasteiger partial charge on any atom is 0.226 e. The standard InChI is InChI=1S/C14H24N4O4S/c1-2-14-16-13(17-22-14)7-18-5-3-4-10(6-18)15-11-8-23(20,21)9-12(11)19/h10-12,15,19H,2-9H2,1H3/t10-,11+,12+/m0/s1. The van der Waals surface area contributed by atoms with E-state index in [0.29, 0.717) is 18.3 Å². The SMILES string of the molecule is CCc1nc(CN2CCC[C@H](N[C@@H]3CS(=O)(=O)C[C@H]3O)C2)no1. The number of sulfone groups is 1. The van der Waals surface area contributed by atoms with Crippen LogP contribution in [0.1, 0.15) is 31.5 Å².